The van der Waals surface area contributed by atoms with E-state index in [4.69, 9.17) is 16.7 Å². The van der Waals surface area contributed by atoms with Gasteiger partial charge in [-0.2, -0.15) is 0 Å². The van der Waals surface area contributed by atoms with Crippen molar-refractivity contribution in [1.29, 1.82) is 0 Å². The summed E-state index contributed by atoms with van der Waals surface area (Å²) in [7, 11) is 0. The molecule has 1 aromatic heterocycles. The molecule has 0 aliphatic heterocycles. The molecule has 1 aromatic rings. The van der Waals surface area contributed by atoms with Gasteiger partial charge in [0.1, 0.15) is 6.54 Å². The summed E-state index contributed by atoms with van der Waals surface area (Å²) in [6, 6.07) is 3.04. The number of halogens is 1. The molecule has 0 aliphatic rings. The lowest BCUT2D eigenvalue weighted by Gasteiger charge is -2.25. The van der Waals surface area contributed by atoms with E-state index < -0.39 is 5.97 Å². The van der Waals surface area contributed by atoms with Crippen molar-refractivity contribution in [2.75, 3.05) is 13.1 Å². The van der Waals surface area contributed by atoms with Crippen LogP contribution in [0, 0.1) is 5.92 Å². The van der Waals surface area contributed by atoms with Crippen LogP contribution in [0.5, 0.6) is 0 Å². The Hall–Kier alpha value is -1.27. The second kappa shape index (κ2) is 7.50. The van der Waals surface area contributed by atoms with Crippen LogP contribution in [0.25, 0.3) is 0 Å². The number of hydrogen-bond donors (Lipinski definition) is 2. The fourth-order valence-electron chi connectivity index (χ4n) is 1.73. The van der Waals surface area contributed by atoms with Crippen LogP contribution in [0.15, 0.2) is 12.1 Å². The molecule has 0 bridgehead atoms. The summed E-state index contributed by atoms with van der Waals surface area (Å²) >= 11 is 7.25. The van der Waals surface area contributed by atoms with Crippen molar-refractivity contribution in [3.05, 3.63) is 21.3 Å². The van der Waals surface area contributed by atoms with Crippen LogP contribution in [0.2, 0.25) is 4.34 Å². The van der Waals surface area contributed by atoms with Crippen LogP contribution in [0.4, 0.5) is 4.79 Å². The zero-order valence-electron chi connectivity index (χ0n) is 11.7. The van der Waals surface area contributed by atoms with Crippen LogP contribution in [0.1, 0.15) is 31.7 Å². The number of carboxylic acids is 1. The third-order valence-electron chi connectivity index (χ3n) is 2.56. The Labute approximate surface area is 127 Å². The Morgan fingerprint density at radius 3 is 2.50 bits per heavy atom. The van der Waals surface area contributed by atoms with Crippen LogP contribution in [0.3, 0.4) is 0 Å². The lowest BCUT2D eigenvalue weighted by Crippen LogP contribution is -2.45. The lowest BCUT2D eigenvalue weighted by atomic mass is 10.2. The van der Waals surface area contributed by atoms with E-state index in [1.54, 1.807) is 6.07 Å². The average molecular weight is 319 g/mol. The van der Waals surface area contributed by atoms with Gasteiger partial charge >= 0.3 is 12.0 Å². The van der Waals surface area contributed by atoms with Crippen LogP contribution < -0.4 is 5.32 Å². The topological polar surface area (TPSA) is 69.6 Å². The molecule has 112 valence electrons. The van der Waals surface area contributed by atoms with Gasteiger partial charge in [0.2, 0.25) is 0 Å². The molecule has 2 amide bonds. The molecular formula is C13H19ClN2O3S. The lowest BCUT2D eigenvalue weighted by molar-refractivity contribution is -0.137. The SMILES string of the molecule is CC(C)CN(CC(=O)O)C(=O)NC(C)c1ccc(Cl)s1. The minimum absolute atomic E-state index is 0.201. The number of urea groups is 1. The van der Waals surface area contributed by atoms with E-state index in [0.717, 1.165) is 4.88 Å². The molecule has 0 radical (unpaired) electrons. The standard InChI is InChI=1S/C13H19ClN2O3S/c1-8(2)6-16(7-12(17)18)13(19)15-9(3)10-4-5-11(14)20-10/h4-5,8-9H,6-7H2,1-3H3,(H,15,19)(H,17,18). The number of carbonyl (C=O) groups excluding carboxylic acids is 1. The minimum atomic E-state index is -1.02. The highest BCUT2D eigenvalue weighted by Crippen LogP contribution is 2.26. The number of amides is 2. The van der Waals surface area contributed by atoms with Crippen molar-refractivity contribution >= 4 is 34.9 Å². The number of carboxylic acid groups (broad SMARTS) is 1. The van der Waals surface area contributed by atoms with Gasteiger partial charge in [-0.05, 0) is 25.0 Å². The fourth-order valence-corrected chi connectivity index (χ4v) is 2.80. The minimum Gasteiger partial charge on any atom is -0.480 e. The molecule has 0 fully saturated rings. The largest absolute Gasteiger partial charge is 0.480 e. The van der Waals surface area contributed by atoms with E-state index in [1.165, 1.54) is 16.2 Å². The van der Waals surface area contributed by atoms with Crippen molar-refractivity contribution < 1.29 is 14.7 Å². The van der Waals surface area contributed by atoms with Gasteiger partial charge in [-0.3, -0.25) is 4.79 Å². The average Bonchev–Trinajstić information content (AvgIpc) is 2.73. The van der Waals surface area contributed by atoms with Gasteiger partial charge in [0, 0.05) is 11.4 Å². The maximum Gasteiger partial charge on any atom is 0.323 e. The molecule has 0 spiro atoms. The Morgan fingerprint density at radius 2 is 2.05 bits per heavy atom. The van der Waals surface area contributed by atoms with Crippen molar-refractivity contribution in [3.8, 4) is 0 Å². The zero-order valence-corrected chi connectivity index (χ0v) is 13.3. The van der Waals surface area contributed by atoms with E-state index in [2.05, 4.69) is 5.32 Å². The first kappa shape index (κ1) is 16.8. The summed E-state index contributed by atoms with van der Waals surface area (Å²) in [5.74, 6) is -0.820. The third-order valence-corrected chi connectivity index (χ3v) is 3.97. The Bertz CT molecular complexity index is 476. The van der Waals surface area contributed by atoms with Crippen molar-refractivity contribution in [3.63, 3.8) is 0 Å². The summed E-state index contributed by atoms with van der Waals surface area (Å²) in [4.78, 5) is 25.2. The smallest absolute Gasteiger partial charge is 0.323 e. The van der Waals surface area contributed by atoms with Gasteiger partial charge in [0.25, 0.3) is 0 Å². The van der Waals surface area contributed by atoms with Crippen molar-refractivity contribution in [2.45, 2.75) is 26.8 Å². The first-order chi connectivity index (χ1) is 9.29. The van der Waals surface area contributed by atoms with E-state index in [-0.39, 0.29) is 24.5 Å². The first-order valence-corrected chi connectivity index (χ1v) is 7.51. The second-order valence-electron chi connectivity index (χ2n) is 4.98. The molecule has 0 aliphatic carbocycles. The fraction of sp³-hybridized carbons (Fsp3) is 0.538. The van der Waals surface area contributed by atoms with Crippen molar-refractivity contribution in [2.24, 2.45) is 5.92 Å². The molecule has 1 rings (SSSR count). The summed E-state index contributed by atoms with van der Waals surface area (Å²) in [5.41, 5.74) is 0. The number of carbonyl (C=O) groups is 2. The van der Waals surface area contributed by atoms with Crippen LogP contribution in [-0.2, 0) is 4.79 Å². The summed E-state index contributed by atoms with van der Waals surface area (Å²) in [6.07, 6.45) is 0. The van der Waals surface area contributed by atoms with E-state index in [9.17, 15) is 9.59 Å². The molecule has 7 heteroatoms. The van der Waals surface area contributed by atoms with Gasteiger partial charge in [0.15, 0.2) is 0 Å². The van der Waals surface area contributed by atoms with E-state index in [0.29, 0.717) is 10.9 Å². The number of rotatable bonds is 6. The molecule has 0 saturated carbocycles. The normalized spacial score (nSPS) is 12.2. The highest BCUT2D eigenvalue weighted by atomic mass is 35.5. The molecular weight excluding hydrogens is 300 g/mol. The van der Waals surface area contributed by atoms with Gasteiger partial charge in [-0.1, -0.05) is 25.4 Å². The zero-order chi connectivity index (χ0) is 15.3. The molecule has 1 heterocycles. The first-order valence-electron chi connectivity index (χ1n) is 6.32. The summed E-state index contributed by atoms with van der Waals surface area (Å²) in [6.45, 7) is 5.81. The number of hydrogen-bond acceptors (Lipinski definition) is 3. The number of aliphatic carboxylic acids is 1. The van der Waals surface area contributed by atoms with Gasteiger partial charge in [-0.25, -0.2) is 4.79 Å². The van der Waals surface area contributed by atoms with Crippen LogP contribution >= 0.6 is 22.9 Å². The number of thiophene rings is 1. The highest BCUT2D eigenvalue weighted by molar-refractivity contribution is 7.16. The Morgan fingerprint density at radius 1 is 1.40 bits per heavy atom. The monoisotopic (exact) mass is 318 g/mol. The molecule has 0 saturated heterocycles. The summed E-state index contributed by atoms with van der Waals surface area (Å²) in [5, 5.41) is 11.7. The van der Waals surface area contributed by atoms with E-state index >= 15 is 0 Å². The van der Waals surface area contributed by atoms with Crippen molar-refractivity contribution in [1.82, 2.24) is 10.2 Å². The second-order valence-corrected chi connectivity index (χ2v) is 6.73. The Balaban J connectivity index is 2.67. The molecule has 2 N–H and O–H groups in total. The predicted molar refractivity (Wildman–Crippen MR) is 80.3 cm³/mol. The number of nitrogens with one attached hydrogen (secondary N) is 1. The third kappa shape index (κ3) is 5.38. The highest BCUT2D eigenvalue weighted by Gasteiger charge is 2.20. The molecule has 20 heavy (non-hydrogen) atoms. The maximum absolute atomic E-state index is 12.1. The summed E-state index contributed by atoms with van der Waals surface area (Å²) < 4.78 is 0.658. The van der Waals surface area contributed by atoms with Crippen LogP contribution in [-0.4, -0.2) is 35.1 Å². The van der Waals surface area contributed by atoms with E-state index in [1.807, 2.05) is 26.8 Å². The molecule has 5 nitrogen and oxygen atoms in total. The Kier molecular flexibility index (Phi) is 6.29. The predicted octanol–water partition coefficient (Wildman–Crippen LogP) is 3.21. The van der Waals surface area contributed by atoms with Gasteiger partial charge in [-0.15, -0.1) is 11.3 Å². The quantitative estimate of drug-likeness (QED) is 0.846. The molecule has 1 atom stereocenters. The van der Waals surface area contributed by atoms with Gasteiger partial charge < -0.3 is 15.3 Å². The molecule has 1 unspecified atom stereocenters. The van der Waals surface area contributed by atoms with Gasteiger partial charge in [0.05, 0.1) is 10.4 Å². The number of nitrogens with zero attached hydrogens (tertiary/aromatic N) is 1. The molecule has 0 aromatic carbocycles. The maximum atomic E-state index is 12.1.